The Bertz CT molecular complexity index is 1050. The molecule has 0 saturated carbocycles. The second-order valence-corrected chi connectivity index (χ2v) is 8.95. The van der Waals surface area contributed by atoms with Crippen LogP contribution in [0.1, 0.15) is 69.4 Å². The molecule has 0 atom stereocenters. The summed E-state index contributed by atoms with van der Waals surface area (Å²) in [7, 11) is 0. The van der Waals surface area contributed by atoms with Crippen molar-refractivity contribution in [1.29, 1.82) is 0 Å². The first kappa shape index (κ1) is 26.4. The number of aryl methyl sites for hydroxylation is 1. The molecule has 0 unspecified atom stereocenters. The summed E-state index contributed by atoms with van der Waals surface area (Å²) in [4.78, 5) is 27.0. The number of urea groups is 1. The number of unbranched alkanes of at least 4 members (excludes halogenated alkanes) is 7. The molecule has 1 heterocycles. The van der Waals surface area contributed by atoms with Crippen LogP contribution in [0.4, 0.5) is 20.6 Å². The van der Waals surface area contributed by atoms with Crippen LogP contribution in [-0.2, 0) is 9.53 Å². The summed E-state index contributed by atoms with van der Waals surface area (Å²) in [5.74, 6) is -1.60. The fraction of sp³-hybridized carbons (Fsp3) is 0.429. The number of halogens is 1. The zero-order valence-electron chi connectivity index (χ0n) is 20.6. The number of carbonyl (C=O) groups is 2. The molecule has 0 aromatic heterocycles. The molecular weight excluding hydrogens is 447 g/mol. The molecule has 7 heteroatoms. The van der Waals surface area contributed by atoms with Gasteiger partial charge in [-0.3, -0.25) is 4.79 Å². The van der Waals surface area contributed by atoms with Crippen LogP contribution in [0.3, 0.4) is 0 Å². The zero-order valence-corrected chi connectivity index (χ0v) is 20.6. The van der Waals surface area contributed by atoms with Crippen molar-refractivity contribution in [2.45, 2.75) is 65.2 Å². The summed E-state index contributed by atoms with van der Waals surface area (Å²) in [5, 5.41) is 13.3. The molecule has 3 rings (SSSR count). The standard InChI is InChI=1S/C28H35FN2O4/c1-3-4-5-6-7-8-9-10-17-35-19-25(32)26-23-18-21(29)13-16-24(23)31(27(26)33)28(34)30-22-14-11-20(2)12-15-22/h11-16,18,32H,3-10,17,19H2,1-2H3,(H,30,34). The highest BCUT2D eigenvalue weighted by Gasteiger charge is 2.39. The van der Waals surface area contributed by atoms with E-state index in [0.717, 1.165) is 35.8 Å². The van der Waals surface area contributed by atoms with Crippen LogP contribution < -0.4 is 10.2 Å². The second-order valence-electron chi connectivity index (χ2n) is 8.95. The Morgan fingerprint density at radius 3 is 2.34 bits per heavy atom. The lowest BCUT2D eigenvalue weighted by Gasteiger charge is -2.16. The summed E-state index contributed by atoms with van der Waals surface area (Å²) in [5.41, 5.74) is 1.82. The largest absolute Gasteiger partial charge is 0.509 e. The minimum absolute atomic E-state index is 0.116. The van der Waals surface area contributed by atoms with Crippen LogP contribution >= 0.6 is 0 Å². The molecule has 0 radical (unpaired) electrons. The lowest BCUT2D eigenvalue weighted by molar-refractivity contribution is -0.112. The SMILES string of the molecule is CCCCCCCCCCOCC(O)=C1C(=O)N(C(=O)Nc2ccc(C)cc2)c2ccc(F)cc21. The van der Waals surface area contributed by atoms with Gasteiger partial charge in [0.05, 0.1) is 11.3 Å². The molecule has 6 nitrogen and oxygen atoms in total. The zero-order chi connectivity index (χ0) is 25.2. The number of aliphatic hydroxyl groups excluding tert-OH is 1. The first-order chi connectivity index (χ1) is 16.9. The Hall–Kier alpha value is -3.19. The van der Waals surface area contributed by atoms with Gasteiger partial charge in [-0.1, -0.05) is 69.6 Å². The highest BCUT2D eigenvalue weighted by Crippen LogP contribution is 2.39. The van der Waals surface area contributed by atoms with E-state index < -0.39 is 17.8 Å². The van der Waals surface area contributed by atoms with Crippen LogP contribution in [0.25, 0.3) is 5.57 Å². The predicted molar refractivity (Wildman–Crippen MR) is 137 cm³/mol. The molecular formula is C28H35FN2O4. The number of amides is 3. The average Bonchev–Trinajstić information content (AvgIpc) is 3.12. The Morgan fingerprint density at radius 2 is 1.66 bits per heavy atom. The third-order valence-corrected chi connectivity index (χ3v) is 6.06. The van der Waals surface area contributed by atoms with E-state index in [-0.39, 0.29) is 29.2 Å². The van der Waals surface area contributed by atoms with Gasteiger partial charge >= 0.3 is 6.03 Å². The van der Waals surface area contributed by atoms with Gasteiger partial charge in [-0.05, 0) is 43.7 Å². The summed E-state index contributed by atoms with van der Waals surface area (Å²) in [6.07, 6.45) is 9.33. The van der Waals surface area contributed by atoms with Crippen molar-refractivity contribution in [3.63, 3.8) is 0 Å². The van der Waals surface area contributed by atoms with E-state index in [1.165, 1.54) is 44.2 Å². The number of benzene rings is 2. The van der Waals surface area contributed by atoms with Crippen molar-refractivity contribution in [2.24, 2.45) is 0 Å². The number of rotatable bonds is 12. The molecule has 2 aromatic carbocycles. The Labute approximate surface area is 206 Å². The van der Waals surface area contributed by atoms with Crippen LogP contribution in [0.15, 0.2) is 48.2 Å². The number of fused-ring (bicyclic) bond motifs is 1. The highest BCUT2D eigenvalue weighted by atomic mass is 19.1. The van der Waals surface area contributed by atoms with E-state index in [9.17, 15) is 19.1 Å². The van der Waals surface area contributed by atoms with Gasteiger partial charge in [0.15, 0.2) is 0 Å². The van der Waals surface area contributed by atoms with E-state index in [1.54, 1.807) is 12.1 Å². The summed E-state index contributed by atoms with van der Waals surface area (Å²) >= 11 is 0. The fourth-order valence-corrected chi connectivity index (χ4v) is 4.12. The number of imide groups is 1. The molecule has 35 heavy (non-hydrogen) atoms. The highest BCUT2D eigenvalue weighted by molar-refractivity contribution is 6.41. The molecule has 0 saturated heterocycles. The van der Waals surface area contributed by atoms with Gasteiger partial charge < -0.3 is 15.2 Å². The minimum atomic E-state index is -0.719. The van der Waals surface area contributed by atoms with Gasteiger partial charge in [0.25, 0.3) is 5.91 Å². The number of carbonyl (C=O) groups excluding carboxylic acids is 2. The molecule has 0 spiro atoms. The van der Waals surface area contributed by atoms with Crippen LogP contribution in [0, 0.1) is 12.7 Å². The molecule has 1 aliphatic rings. The van der Waals surface area contributed by atoms with Crippen molar-refractivity contribution in [3.8, 4) is 0 Å². The van der Waals surface area contributed by atoms with Crippen molar-refractivity contribution >= 4 is 28.9 Å². The van der Waals surface area contributed by atoms with Crippen molar-refractivity contribution in [1.82, 2.24) is 0 Å². The monoisotopic (exact) mass is 482 g/mol. The van der Waals surface area contributed by atoms with E-state index in [2.05, 4.69) is 12.2 Å². The van der Waals surface area contributed by atoms with Crippen LogP contribution in [-0.4, -0.2) is 30.3 Å². The van der Waals surface area contributed by atoms with E-state index in [1.807, 2.05) is 19.1 Å². The molecule has 0 aliphatic carbocycles. The number of hydrogen-bond acceptors (Lipinski definition) is 4. The van der Waals surface area contributed by atoms with Gasteiger partial charge in [0.1, 0.15) is 18.2 Å². The maximum absolute atomic E-state index is 14.0. The number of nitrogens with one attached hydrogen (secondary N) is 1. The second kappa shape index (κ2) is 13.0. The first-order valence-electron chi connectivity index (χ1n) is 12.4. The third-order valence-electron chi connectivity index (χ3n) is 6.06. The van der Waals surface area contributed by atoms with Crippen molar-refractivity contribution < 1.29 is 23.8 Å². The minimum Gasteiger partial charge on any atom is -0.509 e. The van der Waals surface area contributed by atoms with E-state index in [0.29, 0.717) is 12.3 Å². The Morgan fingerprint density at radius 1 is 1.00 bits per heavy atom. The Balaban J connectivity index is 1.61. The molecule has 1 aliphatic heterocycles. The molecule has 3 amide bonds. The van der Waals surface area contributed by atoms with Crippen LogP contribution in [0.2, 0.25) is 0 Å². The summed E-state index contributed by atoms with van der Waals surface area (Å²) in [6, 6.07) is 10.1. The average molecular weight is 483 g/mol. The maximum Gasteiger partial charge on any atom is 0.333 e. The van der Waals surface area contributed by atoms with Gasteiger partial charge in [-0.15, -0.1) is 0 Å². The number of ether oxygens (including phenoxy) is 1. The number of hydrogen-bond donors (Lipinski definition) is 2. The van der Waals surface area contributed by atoms with Crippen LogP contribution in [0.5, 0.6) is 0 Å². The third kappa shape index (κ3) is 7.15. The number of nitrogens with zero attached hydrogens (tertiary/aromatic N) is 1. The molecule has 2 N–H and O–H groups in total. The molecule has 188 valence electrons. The summed E-state index contributed by atoms with van der Waals surface area (Å²) < 4.78 is 19.6. The normalized spacial score (nSPS) is 14.3. The summed E-state index contributed by atoms with van der Waals surface area (Å²) in [6.45, 7) is 4.40. The molecule has 0 fully saturated rings. The van der Waals surface area contributed by atoms with E-state index >= 15 is 0 Å². The maximum atomic E-state index is 14.0. The van der Waals surface area contributed by atoms with Gasteiger partial charge in [-0.2, -0.15) is 0 Å². The predicted octanol–water partition coefficient (Wildman–Crippen LogP) is 7.14. The topological polar surface area (TPSA) is 78.9 Å². The van der Waals surface area contributed by atoms with Gasteiger partial charge in [0.2, 0.25) is 0 Å². The number of aliphatic hydroxyl groups is 1. The van der Waals surface area contributed by atoms with Crippen molar-refractivity contribution in [3.05, 3.63) is 65.2 Å². The van der Waals surface area contributed by atoms with Crippen molar-refractivity contribution in [2.75, 3.05) is 23.4 Å². The lowest BCUT2D eigenvalue weighted by Crippen LogP contribution is -2.37. The smallest absolute Gasteiger partial charge is 0.333 e. The van der Waals surface area contributed by atoms with Gasteiger partial charge in [0, 0.05) is 17.9 Å². The fourth-order valence-electron chi connectivity index (χ4n) is 4.12. The van der Waals surface area contributed by atoms with E-state index in [4.69, 9.17) is 4.74 Å². The molecule has 2 aromatic rings. The first-order valence-corrected chi connectivity index (χ1v) is 12.4. The lowest BCUT2D eigenvalue weighted by atomic mass is 10.1. The number of anilines is 2. The molecule has 0 bridgehead atoms. The van der Waals surface area contributed by atoms with Gasteiger partial charge in [-0.25, -0.2) is 14.1 Å². The Kier molecular flexibility index (Phi) is 9.85. The quantitative estimate of drug-likeness (QED) is 0.191.